The Morgan fingerprint density at radius 3 is 2.39 bits per heavy atom. The average molecular weight is 465 g/mol. The summed E-state index contributed by atoms with van der Waals surface area (Å²) in [6.45, 7) is 5.18. The van der Waals surface area contributed by atoms with Crippen LogP contribution in [0.1, 0.15) is 56.8 Å². The zero-order valence-corrected chi connectivity index (χ0v) is 19.2. The van der Waals surface area contributed by atoms with Gasteiger partial charge >= 0.3 is 0 Å². The number of sulfonamides is 1. The number of hydrogen-bond acceptors (Lipinski definition) is 5. The van der Waals surface area contributed by atoms with E-state index in [4.69, 9.17) is 21.1 Å². The van der Waals surface area contributed by atoms with Crippen LogP contribution in [-0.2, 0) is 10.0 Å². The lowest BCUT2D eigenvalue weighted by molar-refractivity contribution is -0.0716. The molecule has 1 amide bonds. The van der Waals surface area contributed by atoms with Crippen molar-refractivity contribution in [2.75, 3.05) is 5.32 Å². The number of ether oxygens (including phenoxy) is 2. The topological polar surface area (TPSA) is 93.7 Å². The van der Waals surface area contributed by atoms with Crippen LogP contribution in [0.2, 0.25) is 5.02 Å². The van der Waals surface area contributed by atoms with Crippen LogP contribution in [0.4, 0.5) is 5.69 Å². The molecule has 166 valence electrons. The predicted octanol–water partition coefficient (Wildman–Crippen LogP) is 4.71. The molecule has 31 heavy (non-hydrogen) atoms. The normalized spacial score (nSPS) is 17.2. The summed E-state index contributed by atoms with van der Waals surface area (Å²) >= 11 is 6.12. The lowest BCUT2D eigenvalue weighted by Gasteiger charge is -2.21. The van der Waals surface area contributed by atoms with Gasteiger partial charge in [0.25, 0.3) is 11.7 Å². The number of anilines is 1. The molecule has 1 aliphatic carbocycles. The van der Waals surface area contributed by atoms with E-state index in [0.29, 0.717) is 17.2 Å². The Balaban J connectivity index is 1.54. The minimum Gasteiger partial charge on any atom is -0.448 e. The Kier molecular flexibility index (Phi) is 5.44. The van der Waals surface area contributed by atoms with Crippen molar-refractivity contribution >= 4 is 33.2 Å². The van der Waals surface area contributed by atoms with E-state index in [2.05, 4.69) is 10.0 Å². The van der Waals surface area contributed by atoms with Crippen molar-refractivity contribution in [3.8, 4) is 11.5 Å². The Bertz CT molecular complexity index is 1140. The summed E-state index contributed by atoms with van der Waals surface area (Å²) in [5, 5.41) is 2.82. The van der Waals surface area contributed by atoms with Gasteiger partial charge in [-0.25, -0.2) is 13.1 Å². The standard InChI is InChI=1S/C22H25ClN2O5S/c1-21(2,3)25-31(27,28)19-12-14(6-8-16(19)23)20(26)24-15-7-9-17-18(13-15)30-22(29-17)10-4-5-11-22/h6-9,12-13,25H,4-5,10-11H2,1-3H3,(H,24,26). The fraction of sp³-hybridized carbons (Fsp3) is 0.409. The van der Waals surface area contributed by atoms with Crippen molar-refractivity contribution in [1.29, 1.82) is 0 Å². The van der Waals surface area contributed by atoms with E-state index in [-0.39, 0.29) is 15.5 Å². The van der Waals surface area contributed by atoms with Gasteiger partial charge in [0.15, 0.2) is 11.5 Å². The van der Waals surface area contributed by atoms with Crippen LogP contribution in [0.15, 0.2) is 41.3 Å². The van der Waals surface area contributed by atoms with Crippen LogP contribution < -0.4 is 19.5 Å². The second kappa shape index (κ2) is 7.69. The highest BCUT2D eigenvalue weighted by Crippen LogP contribution is 2.47. The highest BCUT2D eigenvalue weighted by Gasteiger charge is 2.44. The zero-order chi connectivity index (χ0) is 22.4. The van der Waals surface area contributed by atoms with Crippen molar-refractivity contribution in [3.63, 3.8) is 0 Å². The smallest absolute Gasteiger partial charge is 0.255 e. The van der Waals surface area contributed by atoms with Crippen molar-refractivity contribution in [2.45, 2.75) is 62.7 Å². The highest BCUT2D eigenvalue weighted by molar-refractivity contribution is 7.89. The minimum absolute atomic E-state index is 0.0400. The van der Waals surface area contributed by atoms with E-state index in [1.54, 1.807) is 39.0 Å². The SMILES string of the molecule is CC(C)(C)NS(=O)(=O)c1cc(C(=O)Nc2ccc3c(c2)OC2(CCCC2)O3)ccc1Cl. The predicted molar refractivity (Wildman–Crippen MR) is 118 cm³/mol. The van der Waals surface area contributed by atoms with Crippen molar-refractivity contribution < 1.29 is 22.7 Å². The molecule has 0 aromatic heterocycles. The molecule has 1 aliphatic heterocycles. The summed E-state index contributed by atoms with van der Waals surface area (Å²) in [6.07, 6.45) is 3.80. The molecule has 1 spiro atoms. The van der Waals surface area contributed by atoms with E-state index in [1.807, 2.05) is 0 Å². The molecular weight excluding hydrogens is 440 g/mol. The molecule has 0 saturated heterocycles. The first-order valence-electron chi connectivity index (χ1n) is 10.1. The quantitative estimate of drug-likeness (QED) is 0.683. The maximum absolute atomic E-state index is 12.8. The molecule has 0 bridgehead atoms. The van der Waals surface area contributed by atoms with Gasteiger partial charge in [0.2, 0.25) is 10.0 Å². The maximum Gasteiger partial charge on any atom is 0.255 e. The van der Waals surface area contributed by atoms with Gasteiger partial charge in [-0.3, -0.25) is 4.79 Å². The van der Waals surface area contributed by atoms with Crippen LogP contribution in [0, 0.1) is 0 Å². The largest absolute Gasteiger partial charge is 0.448 e. The number of nitrogens with one attached hydrogen (secondary N) is 2. The van der Waals surface area contributed by atoms with Crippen LogP contribution in [0.25, 0.3) is 0 Å². The Morgan fingerprint density at radius 1 is 1.03 bits per heavy atom. The molecule has 2 aromatic carbocycles. The van der Waals surface area contributed by atoms with Gasteiger partial charge in [0, 0.05) is 35.7 Å². The molecule has 0 atom stereocenters. The molecular formula is C22H25ClN2O5S. The van der Waals surface area contributed by atoms with Crippen molar-refractivity contribution in [3.05, 3.63) is 47.0 Å². The summed E-state index contributed by atoms with van der Waals surface area (Å²) in [5.74, 6) is 0.213. The van der Waals surface area contributed by atoms with Crippen molar-refractivity contribution in [1.82, 2.24) is 4.72 Å². The second-order valence-electron chi connectivity index (χ2n) is 8.94. The minimum atomic E-state index is -3.90. The van der Waals surface area contributed by atoms with Crippen LogP contribution in [0.5, 0.6) is 11.5 Å². The molecule has 1 fully saturated rings. The molecule has 2 N–H and O–H groups in total. The number of halogens is 1. The molecule has 4 rings (SSSR count). The van der Waals surface area contributed by atoms with E-state index in [9.17, 15) is 13.2 Å². The third kappa shape index (κ3) is 4.66. The van der Waals surface area contributed by atoms with E-state index in [0.717, 1.165) is 25.7 Å². The first-order valence-corrected chi connectivity index (χ1v) is 12.0. The van der Waals surface area contributed by atoms with Crippen LogP contribution in [-0.4, -0.2) is 25.7 Å². The van der Waals surface area contributed by atoms with E-state index in [1.165, 1.54) is 18.2 Å². The van der Waals surface area contributed by atoms with Gasteiger partial charge in [-0.1, -0.05) is 11.6 Å². The van der Waals surface area contributed by atoms with Gasteiger partial charge in [-0.15, -0.1) is 0 Å². The fourth-order valence-corrected chi connectivity index (χ4v) is 5.75. The number of carbonyl (C=O) groups is 1. The second-order valence-corrected chi connectivity index (χ2v) is 11.0. The average Bonchev–Trinajstić information content (AvgIpc) is 3.25. The summed E-state index contributed by atoms with van der Waals surface area (Å²) in [6, 6.07) is 9.36. The lowest BCUT2D eigenvalue weighted by atomic mass is 10.1. The lowest BCUT2D eigenvalue weighted by Crippen LogP contribution is -2.40. The Hall–Kier alpha value is -2.29. The maximum atomic E-state index is 12.8. The number of benzene rings is 2. The van der Waals surface area contributed by atoms with E-state index < -0.39 is 27.3 Å². The van der Waals surface area contributed by atoms with Gasteiger partial charge in [-0.05, 0) is 63.9 Å². The van der Waals surface area contributed by atoms with Crippen LogP contribution in [0.3, 0.4) is 0 Å². The number of carbonyl (C=O) groups excluding carboxylic acids is 1. The summed E-state index contributed by atoms with van der Waals surface area (Å²) in [4.78, 5) is 12.7. The number of amides is 1. The highest BCUT2D eigenvalue weighted by atomic mass is 35.5. The number of fused-ring (bicyclic) bond motifs is 1. The molecule has 0 unspecified atom stereocenters. The molecule has 7 nitrogen and oxygen atoms in total. The number of hydrogen-bond donors (Lipinski definition) is 2. The van der Waals surface area contributed by atoms with Gasteiger partial charge in [-0.2, -0.15) is 0 Å². The van der Waals surface area contributed by atoms with Gasteiger partial charge < -0.3 is 14.8 Å². The first-order chi connectivity index (χ1) is 14.5. The molecule has 9 heteroatoms. The van der Waals surface area contributed by atoms with Gasteiger partial charge in [0.1, 0.15) is 4.90 Å². The third-order valence-corrected chi connectivity index (χ3v) is 7.32. The monoisotopic (exact) mass is 464 g/mol. The van der Waals surface area contributed by atoms with Crippen molar-refractivity contribution in [2.24, 2.45) is 0 Å². The number of rotatable bonds is 4. The van der Waals surface area contributed by atoms with Gasteiger partial charge in [0.05, 0.1) is 5.02 Å². The van der Waals surface area contributed by atoms with E-state index >= 15 is 0 Å². The third-order valence-electron chi connectivity index (χ3n) is 5.08. The molecule has 2 aromatic rings. The molecule has 1 heterocycles. The zero-order valence-electron chi connectivity index (χ0n) is 17.6. The molecule has 0 radical (unpaired) electrons. The first kappa shape index (κ1) is 21.9. The fourth-order valence-electron chi connectivity index (χ4n) is 3.80. The summed E-state index contributed by atoms with van der Waals surface area (Å²) in [5.41, 5.74) is 0.00188. The van der Waals surface area contributed by atoms with Crippen LogP contribution >= 0.6 is 11.6 Å². The summed E-state index contributed by atoms with van der Waals surface area (Å²) < 4.78 is 39.9. The molecule has 2 aliphatic rings. The Morgan fingerprint density at radius 2 is 1.71 bits per heavy atom. The Labute approximate surface area is 187 Å². The summed E-state index contributed by atoms with van der Waals surface area (Å²) in [7, 11) is -3.90. The molecule has 1 saturated carbocycles.